The molecule has 4 N–H and O–H groups in total. The van der Waals surface area contributed by atoms with Gasteiger partial charge in [0.05, 0.1) is 0 Å². The summed E-state index contributed by atoms with van der Waals surface area (Å²) >= 11 is 0. The number of hydrogen-bond acceptors (Lipinski definition) is 3. The third-order valence-corrected chi connectivity index (χ3v) is 3.09. The lowest BCUT2D eigenvalue weighted by atomic mass is 10.1. The van der Waals surface area contributed by atoms with Gasteiger partial charge in [0.25, 0.3) is 0 Å². The Labute approximate surface area is 118 Å². The molecular formula is C16H18N2O2. The SMILES string of the molecule is NC(C(=O)NCCc1ccc(O)cc1)c1ccccc1. The molecular weight excluding hydrogens is 252 g/mol. The van der Waals surface area contributed by atoms with Gasteiger partial charge in [-0.25, -0.2) is 0 Å². The van der Waals surface area contributed by atoms with E-state index in [4.69, 9.17) is 5.73 Å². The van der Waals surface area contributed by atoms with Crippen molar-refractivity contribution in [1.29, 1.82) is 0 Å². The van der Waals surface area contributed by atoms with Crippen LogP contribution in [0.25, 0.3) is 0 Å². The molecule has 2 aromatic carbocycles. The fraction of sp³-hybridized carbons (Fsp3) is 0.188. The number of nitrogens with two attached hydrogens (primary N) is 1. The first kappa shape index (κ1) is 14.1. The second-order valence-corrected chi connectivity index (χ2v) is 4.60. The van der Waals surface area contributed by atoms with Crippen molar-refractivity contribution in [3.8, 4) is 5.75 Å². The van der Waals surface area contributed by atoms with Crippen LogP contribution in [-0.4, -0.2) is 17.6 Å². The summed E-state index contributed by atoms with van der Waals surface area (Å²) in [5.74, 6) is 0.0545. The molecule has 0 aliphatic rings. The number of amides is 1. The highest BCUT2D eigenvalue weighted by Gasteiger charge is 2.14. The first-order valence-electron chi connectivity index (χ1n) is 6.53. The third kappa shape index (κ3) is 3.83. The van der Waals surface area contributed by atoms with E-state index in [1.54, 1.807) is 12.1 Å². The minimum absolute atomic E-state index is 0.185. The Balaban J connectivity index is 1.82. The molecule has 0 bridgehead atoms. The molecule has 4 heteroatoms. The van der Waals surface area contributed by atoms with Crippen LogP contribution in [0.5, 0.6) is 5.75 Å². The van der Waals surface area contributed by atoms with Crippen LogP contribution in [0, 0.1) is 0 Å². The van der Waals surface area contributed by atoms with E-state index >= 15 is 0 Å². The molecule has 0 saturated heterocycles. The Morgan fingerprint density at radius 1 is 1.10 bits per heavy atom. The summed E-state index contributed by atoms with van der Waals surface area (Å²) in [5, 5.41) is 12.0. The normalized spacial score (nSPS) is 11.8. The maximum Gasteiger partial charge on any atom is 0.241 e. The van der Waals surface area contributed by atoms with Gasteiger partial charge in [0.2, 0.25) is 5.91 Å². The second-order valence-electron chi connectivity index (χ2n) is 4.60. The zero-order valence-electron chi connectivity index (χ0n) is 11.1. The number of benzene rings is 2. The van der Waals surface area contributed by atoms with Crippen molar-refractivity contribution in [2.24, 2.45) is 5.73 Å². The van der Waals surface area contributed by atoms with Gasteiger partial charge in [0, 0.05) is 6.54 Å². The summed E-state index contributed by atoms with van der Waals surface area (Å²) in [7, 11) is 0. The molecule has 1 unspecified atom stereocenters. The van der Waals surface area contributed by atoms with Crippen LogP contribution < -0.4 is 11.1 Å². The van der Waals surface area contributed by atoms with Crippen LogP contribution in [0.3, 0.4) is 0 Å². The number of hydrogen-bond donors (Lipinski definition) is 3. The van der Waals surface area contributed by atoms with E-state index in [1.165, 1.54) is 0 Å². The second kappa shape index (κ2) is 6.73. The predicted octanol–water partition coefficient (Wildman–Crippen LogP) is 1.75. The molecule has 0 saturated carbocycles. The molecule has 1 amide bonds. The summed E-state index contributed by atoms with van der Waals surface area (Å²) < 4.78 is 0. The van der Waals surface area contributed by atoms with Crippen LogP contribution in [0.1, 0.15) is 17.2 Å². The van der Waals surface area contributed by atoms with Crippen LogP contribution in [0.2, 0.25) is 0 Å². The van der Waals surface area contributed by atoms with E-state index in [2.05, 4.69) is 5.32 Å². The van der Waals surface area contributed by atoms with Crippen molar-refractivity contribution < 1.29 is 9.90 Å². The molecule has 0 aliphatic carbocycles. The Kier molecular flexibility index (Phi) is 4.74. The minimum Gasteiger partial charge on any atom is -0.508 e. The van der Waals surface area contributed by atoms with E-state index < -0.39 is 6.04 Å². The van der Waals surface area contributed by atoms with Crippen LogP contribution in [0.15, 0.2) is 54.6 Å². The van der Waals surface area contributed by atoms with Crippen LogP contribution in [-0.2, 0) is 11.2 Å². The number of phenols is 1. The Morgan fingerprint density at radius 2 is 1.75 bits per heavy atom. The average molecular weight is 270 g/mol. The van der Waals surface area contributed by atoms with Gasteiger partial charge in [0.1, 0.15) is 11.8 Å². The molecule has 2 rings (SSSR count). The number of rotatable bonds is 5. The number of carbonyl (C=O) groups excluding carboxylic acids is 1. The fourth-order valence-electron chi connectivity index (χ4n) is 1.91. The predicted molar refractivity (Wildman–Crippen MR) is 78.2 cm³/mol. The van der Waals surface area contributed by atoms with Crippen LogP contribution in [0.4, 0.5) is 0 Å². The molecule has 0 aliphatic heterocycles. The number of carbonyl (C=O) groups is 1. The van der Waals surface area contributed by atoms with Gasteiger partial charge < -0.3 is 16.2 Å². The standard InChI is InChI=1S/C16H18N2O2/c17-15(13-4-2-1-3-5-13)16(20)18-11-10-12-6-8-14(19)9-7-12/h1-9,15,19H,10-11,17H2,(H,18,20). The molecule has 0 spiro atoms. The molecule has 0 heterocycles. The van der Waals surface area contributed by atoms with Crippen molar-refractivity contribution in [2.45, 2.75) is 12.5 Å². The van der Waals surface area contributed by atoms with E-state index in [9.17, 15) is 9.90 Å². The highest BCUT2D eigenvalue weighted by atomic mass is 16.3. The van der Waals surface area contributed by atoms with Gasteiger partial charge >= 0.3 is 0 Å². The minimum atomic E-state index is -0.643. The number of nitrogens with one attached hydrogen (secondary N) is 1. The van der Waals surface area contributed by atoms with Crippen molar-refractivity contribution in [2.75, 3.05) is 6.54 Å². The maximum atomic E-state index is 11.9. The van der Waals surface area contributed by atoms with Gasteiger partial charge in [0.15, 0.2) is 0 Å². The lowest BCUT2D eigenvalue weighted by molar-refractivity contribution is -0.122. The van der Waals surface area contributed by atoms with Gasteiger partial charge in [-0.2, -0.15) is 0 Å². The monoisotopic (exact) mass is 270 g/mol. The summed E-state index contributed by atoms with van der Waals surface area (Å²) in [6.07, 6.45) is 0.702. The molecule has 0 radical (unpaired) electrons. The molecule has 1 atom stereocenters. The van der Waals surface area contributed by atoms with Crippen LogP contribution >= 0.6 is 0 Å². The molecule has 20 heavy (non-hydrogen) atoms. The lowest BCUT2D eigenvalue weighted by Gasteiger charge is -2.12. The smallest absolute Gasteiger partial charge is 0.241 e. The van der Waals surface area contributed by atoms with Gasteiger partial charge in [-0.05, 0) is 29.7 Å². The lowest BCUT2D eigenvalue weighted by Crippen LogP contribution is -2.35. The number of aromatic hydroxyl groups is 1. The van der Waals surface area contributed by atoms with Crippen molar-refractivity contribution >= 4 is 5.91 Å². The highest BCUT2D eigenvalue weighted by Crippen LogP contribution is 2.11. The number of phenolic OH excluding ortho intramolecular Hbond substituents is 1. The Hall–Kier alpha value is -2.33. The summed E-state index contributed by atoms with van der Waals surface area (Å²) in [6.45, 7) is 0.518. The largest absolute Gasteiger partial charge is 0.508 e. The third-order valence-electron chi connectivity index (χ3n) is 3.09. The first-order valence-corrected chi connectivity index (χ1v) is 6.53. The molecule has 0 aromatic heterocycles. The zero-order chi connectivity index (χ0) is 14.4. The van der Waals surface area contributed by atoms with E-state index in [0.717, 1.165) is 11.1 Å². The summed E-state index contributed by atoms with van der Waals surface area (Å²) in [6, 6.07) is 15.6. The molecule has 4 nitrogen and oxygen atoms in total. The summed E-state index contributed by atoms with van der Waals surface area (Å²) in [4.78, 5) is 11.9. The molecule has 2 aromatic rings. The van der Waals surface area contributed by atoms with E-state index in [-0.39, 0.29) is 11.7 Å². The highest BCUT2D eigenvalue weighted by molar-refractivity contribution is 5.82. The van der Waals surface area contributed by atoms with Gasteiger partial charge in [-0.15, -0.1) is 0 Å². The van der Waals surface area contributed by atoms with Crippen molar-refractivity contribution in [3.05, 3.63) is 65.7 Å². The average Bonchev–Trinajstić information content (AvgIpc) is 2.49. The quantitative estimate of drug-likeness (QED) is 0.774. The zero-order valence-corrected chi connectivity index (χ0v) is 11.1. The van der Waals surface area contributed by atoms with E-state index in [1.807, 2.05) is 42.5 Å². The van der Waals surface area contributed by atoms with Gasteiger partial charge in [-0.1, -0.05) is 42.5 Å². The topological polar surface area (TPSA) is 75.4 Å². The fourth-order valence-corrected chi connectivity index (χ4v) is 1.91. The first-order chi connectivity index (χ1) is 9.66. The molecule has 104 valence electrons. The van der Waals surface area contributed by atoms with Crippen molar-refractivity contribution in [3.63, 3.8) is 0 Å². The van der Waals surface area contributed by atoms with Crippen molar-refractivity contribution in [1.82, 2.24) is 5.32 Å². The van der Waals surface area contributed by atoms with Gasteiger partial charge in [-0.3, -0.25) is 4.79 Å². The Bertz CT molecular complexity index is 552. The molecule has 0 fully saturated rings. The Morgan fingerprint density at radius 3 is 2.40 bits per heavy atom. The summed E-state index contributed by atoms with van der Waals surface area (Å²) in [5.41, 5.74) is 7.75. The van der Waals surface area contributed by atoms with E-state index in [0.29, 0.717) is 13.0 Å². The maximum absolute atomic E-state index is 11.9.